The maximum Gasteiger partial charge on any atom is 0.225 e. The summed E-state index contributed by atoms with van der Waals surface area (Å²) in [6.07, 6.45) is 4.45. The lowest BCUT2D eigenvalue weighted by atomic mass is 10.0. The van der Waals surface area contributed by atoms with E-state index >= 15 is 0 Å². The first kappa shape index (κ1) is 17.1. The molecule has 2 aliphatic rings. The highest BCUT2D eigenvalue weighted by Gasteiger charge is 2.27. The fourth-order valence-electron chi connectivity index (χ4n) is 3.79. The maximum absolute atomic E-state index is 5.55. The fourth-order valence-corrected chi connectivity index (χ4v) is 3.79. The van der Waals surface area contributed by atoms with Gasteiger partial charge in [-0.1, -0.05) is 30.3 Å². The van der Waals surface area contributed by atoms with Crippen LogP contribution >= 0.6 is 0 Å². The highest BCUT2D eigenvalue weighted by Crippen LogP contribution is 2.30. The number of fused-ring (bicyclic) bond motifs is 1. The van der Waals surface area contributed by atoms with Crippen LogP contribution < -0.4 is 9.80 Å². The third kappa shape index (κ3) is 3.29. The van der Waals surface area contributed by atoms with Crippen molar-refractivity contribution in [2.24, 2.45) is 0 Å². The van der Waals surface area contributed by atoms with Crippen molar-refractivity contribution in [2.75, 3.05) is 42.6 Å². The summed E-state index contributed by atoms with van der Waals surface area (Å²) < 4.78 is 5.55. The molecule has 3 aromatic rings. The lowest BCUT2D eigenvalue weighted by Crippen LogP contribution is -2.39. The van der Waals surface area contributed by atoms with Crippen LogP contribution in [0.25, 0.3) is 11.4 Å². The topological polar surface area (TPSA) is 67.3 Å². The standard InChI is InChI=1S/C21H22N6O/c1-2-5-16(6-3-1)19-24-18-15-27(21-22-8-4-9-23-21)10-7-17(18)20(25-19)26-11-13-28-14-12-26/h1-6,8-9H,7,10-15H2. The molecule has 28 heavy (non-hydrogen) atoms. The summed E-state index contributed by atoms with van der Waals surface area (Å²) in [5.74, 6) is 2.58. The van der Waals surface area contributed by atoms with Crippen molar-refractivity contribution in [1.29, 1.82) is 0 Å². The van der Waals surface area contributed by atoms with Gasteiger partial charge in [-0.3, -0.25) is 0 Å². The SMILES string of the molecule is c1ccc(-c2nc3c(c(N4CCOCC4)n2)CCN(c2ncccn2)C3)cc1. The van der Waals surface area contributed by atoms with Crippen molar-refractivity contribution in [3.05, 3.63) is 60.0 Å². The Hall–Kier alpha value is -3.06. The summed E-state index contributed by atoms with van der Waals surface area (Å²) >= 11 is 0. The van der Waals surface area contributed by atoms with Crippen molar-refractivity contribution in [1.82, 2.24) is 19.9 Å². The Morgan fingerprint density at radius 2 is 1.61 bits per heavy atom. The first-order chi connectivity index (χ1) is 13.9. The minimum absolute atomic E-state index is 0.693. The molecule has 2 aromatic heterocycles. The van der Waals surface area contributed by atoms with E-state index in [2.05, 4.69) is 31.9 Å². The van der Waals surface area contributed by atoms with Crippen molar-refractivity contribution in [3.8, 4) is 11.4 Å². The van der Waals surface area contributed by atoms with Crippen LogP contribution in [0.5, 0.6) is 0 Å². The van der Waals surface area contributed by atoms with Gasteiger partial charge in [0.1, 0.15) is 5.82 Å². The first-order valence-corrected chi connectivity index (χ1v) is 9.68. The number of rotatable bonds is 3. The number of ether oxygens (including phenoxy) is 1. The molecule has 142 valence electrons. The molecule has 7 heteroatoms. The van der Waals surface area contributed by atoms with Crippen LogP contribution in [0.15, 0.2) is 48.8 Å². The van der Waals surface area contributed by atoms with Crippen LogP contribution in [0.1, 0.15) is 11.3 Å². The predicted molar refractivity (Wildman–Crippen MR) is 107 cm³/mol. The Kier molecular flexibility index (Phi) is 4.58. The van der Waals surface area contributed by atoms with Gasteiger partial charge in [-0.2, -0.15) is 0 Å². The number of anilines is 2. The molecule has 0 atom stereocenters. The number of aromatic nitrogens is 4. The molecule has 0 saturated carbocycles. The molecule has 5 rings (SSSR count). The Morgan fingerprint density at radius 1 is 0.821 bits per heavy atom. The lowest BCUT2D eigenvalue weighted by Gasteiger charge is -2.34. The average Bonchev–Trinajstić information content (AvgIpc) is 2.79. The Labute approximate surface area is 164 Å². The van der Waals surface area contributed by atoms with E-state index in [-0.39, 0.29) is 0 Å². The molecule has 0 aliphatic carbocycles. The van der Waals surface area contributed by atoms with E-state index < -0.39 is 0 Å². The van der Waals surface area contributed by atoms with Crippen LogP contribution in [0.4, 0.5) is 11.8 Å². The fraction of sp³-hybridized carbons (Fsp3) is 0.333. The number of nitrogens with zero attached hydrogens (tertiary/aromatic N) is 6. The molecule has 1 fully saturated rings. The Bertz CT molecular complexity index is 944. The number of hydrogen-bond donors (Lipinski definition) is 0. The minimum atomic E-state index is 0.693. The molecule has 1 aromatic carbocycles. The number of morpholine rings is 1. The minimum Gasteiger partial charge on any atom is -0.378 e. The highest BCUT2D eigenvalue weighted by molar-refractivity contribution is 5.62. The zero-order valence-electron chi connectivity index (χ0n) is 15.7. The van der Waals surface area contributed by atoms with Gasteiger partial charge in [0.05, 0.1) is 25.5 Å². The Balaban J connectivity index is 1.56. The van der Waals surface area contributed by atoms with Gasteiger partial charge in [0, 0.05) is 43.2 Å². The third-order valence-corrected chi connectivity index (χ3v) is 5.22. The quantitative estimate of drug-likeness (QED) is 0.697. The molecule has 4 heterocycles. The summed E-state index contributed by atoms with van der Waals surface area (Å²) in [6, 6.07) is 12.0. The predicted octanol–water partition coefficient (Wildman–Crippen LogP) is 2.33. The van der Waals surface area contributed by atoms with Gasteiger partial charge in [0.15, 0.2) is 5.82 Å². The van der Waals surface area contributed by atoms with Crippen molar-refractivity contribution in [2.45, 2.75) is 13.0 Å². The average molecular weight is 374 g/mol. The van der Waals surface area contributed by atoms with E-state index in [0.717, 1.165) is 68.1 Å². The van der Waals surface area contributed by atoms with Gasteiger partial charge in [-0.15, -0.1) is 0 Å². The van der Waals surface area contributed by atoms with Crippen LogP contribution in [0, 0.1) is 0 Å². The molecule has 0 amide bonds. The van der Waals surface area contributed by atoms with Gasteiger partial charge < -0.3 is 14.5 Å². The van der Waals surface area contributed by atoms with Crippen molar-refractivity contribution in [3.63, 3.8) is 0 Å². The molecule has 0 radical (unpaired) electrons. The van der Waals surface area contributed by atoms with Crippen LogP contribution in [0.2, 0.25) is 0 Å². The summed E-state index contributed by atoms with van der Waals surface area (Å²) in [6.45, 7) is 4.76. The van der Waals surface area contributed by atoms with E-state index in [1.54, 1.807) is 12.4 Å². The van der Waals surface area contributed by atoms with E-state index in [9.17, 15) is 0 Å². The van der Waals surface area contributed by atoms with Crippen LogP contribution in [-0.4, -0.2) is 52.8 Å². The molecule has 0 spiro atoms. The second kappa shape index (κ2) is 7.52. The number of hydrogen-bond acceptors (Lipinski definition) is 7. The van der Waals surface area contributed by atoms with Gasteiger partial charge in [-0.05, 0) is 12.5 Å². The molecule has 7 nitrogen and oxygen atoms in total. The molecule has 1 saturated heterocycles. The number of benzene rings is 1. The van der Waals surface area contributed by atoms with Gasteiger partial charge in [0.25, 0.3) is 0 Å². The second-order valence-corrected chi connectivity index (χ2v) is 6.98. The molecule has 0 bridgehead atoms. The zero-order chi connectivity index (χ0) is 18.8. The van der Waals surface area contributed by atoms with Crippen LogP contribution in [0.3, 0.4) is 0 Å². The normalized spacial score (nSPS) is 16.7. The monoisotopic (exact) mass is 374 g/mol. The lowest BCUT2D eigenvalue weighted by molar-refractivity contribution is 0.122. The smallest absolute Gasteiger partial charge is 0.225 e. The summed E-state index contributed by atoms with van der Waals surface area (Å²) in [7, 11) is 0. The molecule has 0 N–H and O–H groups in total. The molecular formula is C21H22N6O. The summed E-state index contributed by atoms with van der Waals surface area (Å²) in [5, 5.41) is 0. The molecule has 0 unspecified atom stereocenters. The van der Waals surface area contributed by atoms with E-state index in [0.29, 0.717) is 6.54 Å². The molecule has 2 aliphatic heterocycles. The van der Waals surface area contributed by atoms with Gasteiger partial charge >= 0.3 is 0 Å². The van der Waals surface area contributed by atoms with Gasteiger partial charge in [-0.25, -0.2) is 19.9 Å². The highest BCUT2D eigenvalue weighted by atomic mass is 16.5. The molecular weight excluding hydrogens is 352 g/mol. The zero-order valence-corrected chi connectivity index (χ0v) is 15.7. The third-order valence-electron chi connectivity index (χ3n) is 5.22. The first-order valence-electron chi connectivity index (χ1n) is 9.68. The van der Waals surface area contributed by atoms with Crippen molar-refractivity contribution >= 4 is 11.8 Å². The van der Waals surface area contributed by atoms with Gasteiger partial charge in [0.2, 0.25) is 5.95 Å². The summed E-state index contributed by atoms with van der Waals surface area (Å²) in [5.41, 5.74) is 3.34. The Morgan fingerprint density at radius 3 is 2.39 bits per heavy atom. The van der Waals surface area contributed by atoms with Crippen LogP contribution in [-0.2, 0) is 17.7 Å². The maximum atomic E-state index is 5.55. The van der Waals surface area contributed by atoms with E-state index in [1.165, 1.54) is 5.56 Å². The van der Waals surface area contributed by atoms with Crippen molar-refractivity contribution < 1.29 is 4.74 Å². The summed E-state index contributed by atoms with van der Waals surface area (Å²) in [4.78, 5) is 23.3. The second-order valence-electron chi connectivity index (χ2n) is 6.98. The largest absolute Gasteiger partial charge is 0.378 e. The van der Waals surface area contributed by atoms with E-state index in [1.807, 2.05) is 24.3 Å². The van der Waals surface area contributed by atoms with E-state index in [4.69, 9.17) is 14.7 Å².